The minimum absolute atomic E-state index is 0.155. The smallest absolute Gasteiger partial charge is 0.336 e. The molecule has 3 rings (SSSR count). The van der Waals surface area contributed by atoms with Crippen LogP contribution in [-0.2, 0) is 19.1 Å². The van der Waals surface area contributed by atoms with Crippen molar-refractivity contribution in [3.8, 4) is 5.75 Å². The van der Waals surface area contributed by atoms with Crippen LogP contribution in [-0.4, -0.2) is 32.0 Å². The predicted octanol–water partition coefficient (Wildman–Crippen LogP) is 3.13. The van der Waals surface area contributed by atoms with Gasteiger partial charge < -0.3 is 14.8 Å². The fourth-order valence-electron chi connectivity index (χ4n) is 3.43. The first kappa shape index (κ1) is 20.1. The van der Waals surface area contributed by atoms with E-state index in [1.807, 2.05) is 6.07 Å². The van der Waals surface area contributed by atoms with Crippen LogP contribution in [0.3, 0.4) is 0 Å². The number of esters is 1. The third-order valence-electron chi connectivity index (χ3n) is 4.80. The number of anilines is 2. The third-order valence-corrected chi connectivity index (χ3v) is 4.80. The number of hydrogen-bond acceptors (Lipinski definition) is 5. The van der Waals surface area contributed by atoms with Crippen molar-refractivity contribution in [3.63, 3.8) is 0 Å². The zero-order valence-electron chi connectivity index (χ0n) is 16.5. The largest absolute Gasteiger partial charge is 0.495 e. The minimum atomic E-state index is -0.972. The molecule has 0 bridgehead atoms. The number of carbonyl (C=O) groups excluding carboxylic acids is 3. The van der Waals surface area contributed by atoms with E-state index in [9.17, 15) is 14.4 Å². The van der Waals surface area contributed by atoms with Crippen molar-refractivity contribution in [3.05, 3.63) is 65.9 Å². The maximum Gasteiger partial charge on any atom is 0.336 e. The topological polar surface area (TPSA) is 84.9 Å². The third kappa shape index (κ3) is 3.99. The molecule has 0 radical (unpaired) electrons. The molecule has 0 saturated carbocycles. The zero-order chi connectivity index (χ0) is 21.0. The molecule has 1 atom stereocenters. The Labute approximate surface area is 168 Å². The molecule has 1 aliphatic heterocycles. The number of carbonyl (C=O) groups is 3. The zero-order valence-corrected chi connectivity index (χ0v) is 16.5. The summed E-state index contributed by atoms with van der Waals surface area (Å²) in [6.07, 6.45) is -0.155. The summed E-state index contributed by atoms with van der Waals surface area (Å²) >= 11 is 0. The summed E-state index contributed by atoms with van der Waals surface area (Å²) in [5.74, 6) is -1.89. The molecule has 0 saturated heterocycles. The monoisotopic (exact) mass is 394 g/mol. The molecule has 0 unspecified atom stereocenters. The van der Waals surface area contributed by atoms with E-state index in [1.54, 1.807) is 55.5 Å². The number of hydrogen-bond donors (Lipinski definition) is 1. The Hall–Kier alpha value is -3.61. The van der Waals surface area contributed by atoms with Gasteiger partial charge in [-0.05, 0) is 31.2 Å². The van der Waals surface area contributed by atoms with E-state index < -0.39 is 17.8 Å². The van der Waals surface area contributed by atoms with Gasteiger partial charge in [-0.15, -0.1) is 0 Å². The van der Waals surface area contributed by atoms with Crippen LogP contribution in [0, 0.1) is 5.92 Å². The standard InChI is InChI=1S/C22H22N2O5/c1-14-20(22(27)29-3)16(13-19(25)24(14)15-9-5-4-6-10-15)21(26)23-17-11-7-8-12-18(17)28-2/h4-12,16H,13H2,1-3H3,(H,23,26)/t16-/m0/s1. The summed E-state index contributed by atoms with van der Waals surface area (Å²) in [5, 5.41) is 2.76. The fraction of sp³-hybridized carbons (Fsp3) is 0.227. The number of nitrogens with zero attached hydrogens (tertiary/aromatic N) is 1. The van der Waals surface area contributed by atoms with Crippen LogP contribution in [0.4, 0.5) is 11.4 Å². The second-order valence-corrected chi connectivity index (χ2v) is 6.50. The second-order valence-electron chi connectivity index (χ2n) is 6.50. The van der Waals surface area contributed by atoms with Gasteiger partial charge in [-0.2, -0.15) is 0 Å². The minimum Gasteiger partial charge on any atom is -0.495 e. The van der Waals surface area contributed by atoms with Gasteiger partial charge in [-0.3, -0.25) is 14.5 Å². The van der Waals surface area contributed by atoms with Crippen molar-refractivity contribution < 1.29 is 23.9 Å². The van der Waals surface area contributed by atoms with Crippen molar-refractivity contribution in [2.45, 2.75) is 13.3 Å². The Kier molecular flexibility index (Phi) is 5.97. The SMILES string of the molecule is COC(=O)C1=C(C)N(c2ccccc2)C(=O)C[C@@H]1C(=O)Nc1ccccc1OC. The van der Waals surface area contributed by atoms with Gasteiger partial charge in [0.15, 0.2) is 0 Å². The van der Waals surface area contributed by atoms with Gasteiger partial charge in [0.2, 0.25) is 11.8 Å². The number of para-hydroxylation sites is 3. The number of ether oxygens (including phenoxy) is 2. The molecule has 7 nitrogen and oxygen atoms in total. The Bertz CT molecular complexity index is 968. The molecular formula is C22H22N2O5. The van der Waals surface area contributed by atoms with E-state index in [1.165, 1.54) is 19.1 Å². The molecule has 1 heterocycles. The summed E-state index contributed by atoms with van der Waals surface area (Å²) in [5.41, 5.74) is 1.61. The molecule has 29 heavy (non-hydrogen) atoms. The molecule has 0 aromatic heterocycles. The van der Waals surface area contributed by atoms with Crippen LogP contribution in [0.5, 0.6) is 5.75 Å². The highest BCUT2D eigenvalue weighted by atomic mass is 16.5. The number of rotatable bonds is 5. The number of nitrogens with one attached hydrogen (secondary N) is 1. The van der Waals surface area contributed by atoms with Gasteiger partial charge in [-0.1, -0.05) is 30.3 Å². The van der Waals surface area contributed by atoms with Gasteiger partial charge in [0.25, 0.3) is 0 Å². The van der Waals surface area contributed by atoms with E-state index >= 15 is 0 Å². The quantitative estimate of drug-likeness (QED) is 0.788. The Morgan fingerprint density at radius 1 is 1.03 bits per heavy atom. The Morgan fingerprint density at radius 3 is 2.34 bits per heavy atom. The van der Waals surface area contributed by atoms with Crippen LogP contribution >= 0.6 is 0 Å². The van der Waals surface area contributed by atoms with E-state index in [0.29, 0.717) is 22.8 Å². The first-order valence-electron chi connectivity index (χ1n) is 9.09. The van der Waals surface area contributed by atoms with Crippen molar-refractivity contribution in [2.24, 2.45) is 5.92 Å². The Balaban J connectivity index is 2.00. The van der Waals surface area contributed by atoms with E-state index in [4.69, 9.17) is 9.47 Å². The summed E-state index contributed by atoms with van der Waals surface area (Å²) in [7, 11) is 2.75. The maximum absolute atomic E-state index is 13.0. The highest BCUT2D eigenvalue weighted by Gasteiger charge is 2.40. The lowest BCUT2D eigenvalue weighted by atomic mass is 9.88. The molecule has 0 aliphatic carbocycles. The Morgan fingerprint density at radius 2 is 1.69 bits per heavy atom. The van der Waals surface area contributed by atoms with Crippen molar-refractivity contribution in [2.75, 3.05) is 24.4 Å². The molecule has 1 N–H and O–H groups in total. The van der Waals surface area contributed by atoms with Crippen LogP contribution in [0.15, 0.2) is 65.9 Å². The van der Waals surface area contributed by atoms with Gasteiger partial charge in [0.05, 0.1) is 31.4 Å². The molecule has 2 aromatic rings. The van der Waals surface area contributed by atoms with E-state index in [-0.39, 0.29) is 17.9 Å². The highest BCUT2D eigenvalue weighted by molar-refractivity contribution is 6.10. The number of allylic oxidation sites excluding steroid dienone is 1. The first-order chi connectivity index (χ1) is 14.0. The summed E-state index contributed by atoms with van der Waals surface area (Å²) in [6, 6.07) is 15.9. The van der Waals surface area contributed by atoms with Gasteiger partial charge in [0.1, 0.15) is 5.75 Å². The molecule has 1 aliphatic rings. The van der Waals surface area contributed by atoms with Gasteiger partial charge in [0, 0.05) is 17.8 Å². The first-order valence-corrected chi connectivity index (χ1v) is 9.09. The summed E-state index contributed by atoms with van der Waals surface area (Å²) in [6.45, 7) is 1.64. The molecule has 150 valence electrons. The van der Waals surface area contributed by atoms with Crippen LogP contribution in [0.2, 0.25) is 0 Å². The highest BCUT2D eigenvalue weighted by Crippen LogP contribution is 2.34. The fourth-order valence-corrected chi connectivity index (χ4v) is 3.43. The lowest BCUT2D eigenvalue weighted by Crippen LogP contribution is -2.43. The van der Waals surface area contributed by atoms with E-state index in [0.717, 1.165) is 0 Å². The molecule has 7 heteroatoms. The number of benzene rings is 2. The molecule has 0 fully saturated rings. The summed E-state index contributed by atoms with van der Waals surface area (Å²) < 4.78 is 10.2. The van der Waals surface area contributed by atoms with Crippen molar-refractivity contribution in [1.29, 1.82) is 0 Å². The van der Waals surface area contributed by atoms with Crippen molar-refractivity contribution >= 4 is 29.2 Å². The van der Waals surface area contributed by atoms with Crippen LogP contribution < -0.4 is 15.0 Å². The average molecular weight is 394 g/mol. The molecule has 0 spiro atoms. The summed E-state index contributed by atoms with van der Waals surface area (Å²) in [4.78, 5) is 39.9. The van der Waals surface area contributed by atoms with Crippen LogP contribution in [0.1, 0.15) is 13.3 Å². The average Bonchev–Trinajstić information content (AvgIpc) is 2.74. The normalized spacial score (nSPS) is 16.4. The van der Waals surface area contributed by atoms with Crippen molar-refractivity contribution in [1.82, 2.24) is 0 Å². The number of methoxy groups -OCH3 is 2. The lowest BCUT2D eigenvalue weighted by Gasteiger charge is -2.33. The van der Waals surface area contributed by atoms with Crippen LogP contribution in [0.25, 0.3) is 0 Å². The van der Waals surface area contributed by atoms with Gasteiger partial charge in [-0.25, -0.2) is 4.79 Å². The predicted molar refractivity (Wildman–Crippen MR) is 108 cm³/mol. The molecular weight excluding hydrogens is 372 g/mol. The maximum atomic E-state index is 13.0. The molecule has 2 amide bonds. The molecule has 2 aromatic carbocycles. The lowest BCUT2D eigenvalue weighted by molar-refractivity contribution is -0.138. The van der Waals surface area contributed by atoms with Gasteiger partial charge >= 0.3 is 5.97 Å². The second kappa shape index (κ2) is 8.60. The number of amides is 2. The van der Waals surface area contributed by atoms with E-state index in [2.05, 4.69) is 5.32 Å².